The lowest BCUT2D eigenvalue weighted by Gasteiger charge is -2.13. The van der Waals surface area contributed by atoms with Gasteiger partial charge in [-0.25, -0.2) is 4.79 Å². The van der Waals surface area contributed by atoms with E-state index < -0.39 is 29.2 Å². The highest BCUT2D eigenvalue weighted by Crippen LogP contribution is 2.48. The van der Waals surface area contributed by atoms with E-state index in [0.29, 0.717) is 6.42 Å². The zero-order valence-electron chi connectivity index (χ0n) is 15.8. The minimum atomic E-state index is -4.67. The largest absolute Gasteiger partial charge is 0.462 e. The number of ether oxygens (including phenoxy) is 1. The molecule has 0 saturated carbocycles. The molecule has 0 bridgehead atoms. The Hall–Kier alpha value is -3.13. The number of hydrogen-bond donors (Lipinski definition) is 1. The summed E-state index contributed by atoms with van der Waals surface area (Å²) in [5.74, 6) is -1.54. The van der Waals surface area contributed by atoms with Gasteiger partial charge < -0.3 is 10.1 Å². The summed E-state index contributed by atoms with van der Waals surface area (Å²) in [5.41, 5.74) is 1.37. The topological polar surface area (TPSA) is 55.4 Å². The number of rotatable bonds is 4. The number of nitrogens with one attached hydrogen (secondary N) is 1. The number of esters is 1. The van der Waals surface area contributed by atoms with Gasteiger partial charge in [0.25, 0.3) is 5.91 Å². The smallest absolute Gasteiger partial charge is 0.417 e. The van der Waals surface area contributed by atoms with Crippen LogP contribution in [0.25, 0.3) is 10.4 Å². The zero-order chi connectivity index (χ0) is 21.5. The molecule has 0 aliphatic heterocycles. The number of carbonyl (C=O) groups excluding carboxylic acids is 2. The third kappa shape index (κ3) is 3.47. The van der Waals surface area contributed by atoms with E-state index in [-0.39, 0.29) is 17.2 Å². The van der Waals surface area contributed by atoms with E-state index in [1.165, 1.54) is 23.5 Å². The molecule has 0 fully saturated rings. The molecule has 4 nitrogen and oxygen atoms in total. The molecule has 1 amide bonds. The molecule has 2 aromatic carbocycles. The summed E-state index contributed by atoms with van der Waals surface area (Å²) in [7, 11) is 0. The molecule has 0 radical (unpaired) electrons. The van der Waals surface area contributed by atoms with Gasteiger partial charge in [0, 0.05) is 11.3 Å². The van der Waals surface area contributed by atoms with E-state index in [2.05, 4.69) is 5.32 Å². The van der Waals surface area contributed by atoms with Gasteiger partial charge in [0.15, 0.2) is 0 Å². The summed E-state index contributed by atoms with van der Waals surface area (Å²) in [4.78, 5) is 26.2. The molecule has 0 spiro atoms. The Morgan fingerprint density at radius 1 is 1.10 bits per heavy atom. The SMILES string of the molecule is CCOC(=O)c1c(NC(=O)c2ccccc2C(F)(F)F)sc2c1Cc1ccccc1-2. The number of hydrogen-bond acceptors (Lipinski definition) is 4. The zero-order valence-corrected chi connectivity index (χ0v) is 16.6. The average molecular weight is 431 g/mol. The molecule has 1 aliphatic carbocycles. The molecule has 1 heterocycles. The first kappa shape index (κ1) is 20.2. The summed E-state index contributed by atoms with van der Waals surface area (Å²) < 4.78 is 45.1. The minimum absolute atomic E-state index is 0.140. The summed E-state index contributed by atoms with van der Waals surface area (Å²) in [6.45, 7) is 1.80. The number of thiophene rings is 1. The summed E-state index contributed by atoms with van der Waals surface area (Å²) >= 11 is 1.17. The van der Waals surface area contributed by atoms with Crippen LogP contribution in [0.4, 0.5) is 18.2 Å². The second kappa shape index (κ2) is 7.60. The van der Waals surface area contributed by atoms with Gasteiger partial charge in [-0.1, -0.05) is 36.4 Å². The fourth-order valence-electron chi connectivity index (χ4n) is 3.54. The van der Waals surface area contributed by atoms with Crippen LogP contribution >= 0.6 is 11.3 Å². The van der Waals surface area contributed by atoms with Gasteiger partial charge in [-0.3, -0.25) is 4.79 Å². The van der Waals surface area contributed by atoms with Crippen LogP contribution in [0, 0.1) is 0 Å². The van der Waals surface area contributed by atoms with Gasteiger partial charge >= 0.3 is 12.1 Å². The second-order valence-electron chi connectivity index (χ2n) is 6.67. The first-order valence-electron chi connectivity index (χ1n) is 9.20. The van der Waals surface area contributed by atoms with Gasteiger partial charge in [0.2, 0.25) is 0 Å². The Labute approximate surface area is 174 Å². The van der Waals surface area contributed by atoms with Crippen molar-refractivity contribution < 1.29 is 27.5 Å². The predicted octanol–water partition coefficient (Wildman–Crippen LogP) is 5.77. The standard InChI is InChI=1S/C22H16F3NO3S/c1-2-29-21(28)17-15-11-12-7-3-4-8-13(12)18(15)30-20(17)26-19(27)14-9-5-6-10-16(14)22(23,24)25/h3-10H,2,11H2,1H3,(H,26,27). The van der Waals surface area contributed by atoms with Gasteiger partial charge in [-0.05, 0) is 35.7 Å². The summed E-state index contributed by atoms with van der Waals surface area (Å²) in [6, 6.07) is 12.2. The van der Waals surface area contributed by atoms with E-state index in [4.69, 9.17) is 4.74 Å². The summed E-state index contributed by atoms with van der Waals surface area (Å²) in [5, 5.41) is 2.71. The third-order valence-corrected chi connectivity index (χ3v) is 6.00. The van der Waals surface area contributed by atoms with E-state index in [0.717, 1.165) is 33.7 Å². The normalized spacial score (nSPS) is 12.3. The van der Waals surface area contributed by atoms with Gasteiger partial charge in [0.05, 0.1) is 23.3 Å². The molecular weight excluding hydrogens is 415 g/mol. The number of anilines is 1. The highest BCUT2D eigenvalue weighted by molar-refractivity contribution is 7.20. The molecular formula is C22H16F3NO3S. The van der Waals surface area contributed by atoms with Crippen molar-refractivity contribution in [2.24, 2.45) is 0 Å². The van der Waals surface area contributed by atoms with Crippen molar-refractivity contribution in [3.05, 3.63) is 76.3 Å². The van der Waals surface area contributed by atoms with Crippen LogP contribution in [-0.2, 0) is 17.3 Å². The highest BCUT2D eigenvalue weighted by atomic mass is 32.1. The van der Waals surface area contributed by atoms with E-state index in [9.17, 15) is 22.8 Å². The molecule has 4 rings (SSSR count). The van der Waals surface area contributed by atoms with E-state index >= 15 is 0 Å². The molecule has 30 heavy (non-hydrogen) atoms. The van der Waals surface area contributed by atoms with Gasteiger partial charge in [-0.2, -0.15) is 13.2 Å². The number of halogens is 3. The Morgan fingerprint density at radius 2 is 1.80 bits per heavy atom. The monoisotopic (exact) mass is 431 g/mol. The van der Waals surface area contributed by atoms with E-state index in [1.54, 1.807) is 6.92 Å². The Kier molecular flexibility index (Phi) is 5.11. The maximum Gasteiger partial charge on any atom is 0.417 e. The number of carbonyl (C=O) groups is 2. The van der Waals surface area contributed by atoms with Crippen LogP contribution in [0.1, 0.15) is 44.3 Å². The summed E-state index contributed by atoms with van der Waals surface area (Å²) in [6.07, 6.45) is -4.18. The Balaban J connectivity index is 1.76. The quantitative estimate of drug-likeness (QED) is 0.418. The molecule has 1 aromatic heterocycles. The first-order chi connectivity index (χ1) is 14.3. The average Bonchev–Trinajstić information content (AvgIpc) is 3.22. The van der Waals surface area contributed by atoms with Crippen molar-refractivity contribution >= 4 is 28.2 Å². The van der Waals surface area contributed by atoms with E-state index in [1.807, 2.05) is 24.3 Å². The number of fused-ring (bicyclic) bond motifs is 3. The molecule has 0 atom stereocenters. The lowest BCUT2D eigenvalue weighted by Crippen LogP contribution is -2.19. The van der Waals surface area contributed by atoms with Crippen molar-refractivity contribution in [3.63, 3.8) is 0 Å². The molecule has 8 heteroatoms. The lowest BCUT2D eigenvalue weighted by molar-refractivity contribution is -0.137. The maximum absolute atomic E-state index is 13.3. The van der Waals surface area contributed by atoms with Crippen molar-refractivity contribution in [1.82, 2.24) is 0 Å². The number of alkyl halides is 3. The van der Waals surface area contributed by atoms with Crippen molar-refractivity contribution in [1.29, 1.82) is 0 Å². The first-order valence-corrected chi connectivity index (χ1v) is 10.0. The Morgan fingerprint density at radius 3 is 2.53 bits per heavy atom. The van der Waals surface area contributed by atoms with Crippen LogP contribution in [0.15, 0.2) is 48.5 Å². The highest BCUT2D eigenvalue weighted by Gasteiger charge is 2.36. The maximum atomic E-state index is 13.3. The number of benzene rings is 2. The predicted molar refractivity (Wildman–Crippen MR) is 108 cm³/mol. The van der Waals surface area contributed by atoms with Crippen LogP contribution in [0.2, 0.25) is 0 Å². The third-order valence-electron chi connectivity index (χ3n) is 4.82. The lowest BCUT2D eigenvalue weighted by atomic mass is 10.1. The fraction of sp³-hybridized carbons (Fsp3) is 0.182. The van der Waals surface area contributed by atoms with Crippen molar-refractivity contribution in [2.45, 2.75) is 19.5 Å². The van der Waals surface area contributed by atoms with Crippen molar-refractivity contribution in [2.75, 3.05) is 11.9 Å². The Bertz CT molecular complexity index is 1150. The number of amides is 1. The van der Waals surface area contributed by atoms with Crippen LogP contribution in [-0.4, -0.2) is 18.5 Å². The van der Waals surface area contributed by atoms with Gasteiger partial charge in [-0.15, -0.1) is 11.3 Å². The van der Waals surface area contributed by atoms with Crippen molar-refractivity contribution in [3.8, 4) is 10.4 Å². The van der Waals surface area contributed by atoms with Crippen LogP contribution in [0.3, 0.4) is 0 Å². The molecule has 0 saturated heterocycles. The van der Waals surface area contributed by atoms with Crippen LogP contribution < -0.4 is 5.32 Å². The second-order valence-corrected chi connectivity index (χ2v) is 7.69. The molecule has 154 valence electrons. The molecule has 3 aromatic rings. The molecule has 0 unspecified atom stereocenters. The van der Waals surface area contributed by atoms with Gasteiger partial charge in [0.1, 0.15) is 5.00 Å². The molecule has 1 N–H and O–H groups in total. The molecule has 1 aliphatic rings. The van der Waals surface area contributed by atoms with Crippen LogP contribution in [0.5, 0.6) is 0 Å². The fourth-order valence-corrected chi connectivity index (χ4v) is 4.81. The minimum Gasteiger partial charge on any atom is -0.462 e.